The van der Waals surface area contributed by atoms with E-state index in [1.807, 2.05) is 0 Å². The maximum absolute atomic E-state index is 5.70. The van der Waals surface area contributed by atoms with Crippen LogP contribution in [0.3, 0.4) is 0 Å². The van der Waals surface area contributed by atoms with Crippen LogP contribution in [-0.4, -0.2) is 19.3 Å². The van der Waals surface area contributed by atoms with Crippen LogP contribution in [0.25, 0.3) is 0 Å². The van der Waals surface area contributed by atoms with Crippen LogP contribution >= 0.6 is 15.9 Å². The monoisotopic (exact) mass is 283 g/mol. The van der Waals surface area contributed by atoms with Crippen LogP contribution in [0.1, 0.15) is 24.8 Å². The van der Waals surface area contributed by atoms with Gasteiger partial charge in [-0.1, -0.05) is 22.0 Å². The molecule has 1 fully saturated rings. The first-order valence-corrected chi connectivity index (χ1v) is 6.66. The molecule has 0 saturated carbocycles. The Morgan fingerprint density at radius 3 is 3.06 bits per heavy atom. The molecular formula is C13H18BrNO. The highest BCUT2D eigenvalue weighted by molar-refractivity contribution is 9.10. The minimum atomic E-state index is 0.382. The average molecular weight is 284 g/mol. The molecular weight excluding hydrogens is 266 g/mol. The standard InChI is InChI=1S/C13H18BrNO/c1-10-5-6-11(14)8-13(10)15-9-12-4-2-3-7-16-12/h5-6,8,12,15H,2-4,7,9H2,1H3. The molecule has 0 bridgehead atoms. The summed E-state index contributed by atoms with van der Waals surface area (Å²) in [5.41, 5.74) is 2.47. The van der Waals surface area contributed by atoms with Gasteiger partial charge in [0.2, 0.25) is 0 Å². The van der Waals surface area contributed by atoms with Crippen molar-refractivity contribution < 1.29 is 4.74 Å². The Bertz CT molecular complexity index is 348. The maximum Gasteiger partial charge on any atom is 0.0747 e. The molecule has 0 amide bonds. The Morgan fingerprint density at radius 2 is 2.31 bits per heavy atom. The fourth-order valence-electron chi connectivity index (χ4n) is 1.98. The van der Waals surface area contributed by atoms with Gasteiger partial charge in [-0.25, -0.2) is 0 Å². The molecule has 1 unspecified atom stereocenters. The van der Waals surface area contributed by atoms with Gasteiger partial charge in [0.15, 0.2) is 0 Å². The van der Waals surface area contributed by atoms with Crippen molar-refractivity contribution in [1.82, 2.24) is 0 Å². The van der Waals surface area contributed by atoms with E-state index in [0.29, 0.717) is 6.10 Å². The van der Waals surface area contributed by atoms with Gasteiger partial charge in [0.05, 0.1) is 6.10 Å². The van der Waals surface area contributed by atoms with Crippen LogP contribution in [0, 0.1) is 6.92 Å². The topological polar surface area (TPSA) is 21.3 Å². The molecule has 1 aliphatic heterocycles. The number of nitrogens with one attached hydrogen (secondary N) is 1. The Morgan fingerprint density at radius 1 is 1.44 bits per heavy atom. The van der Waals surface area contributed by atoms with Gasteiger partial charge in [-0.2, -0.15) is 0 Å². The number of halogens is 1. The van der Waals surface area contributed by atoms with Crippen molar-refractivity contribution in [2.24, 2.45) is 0 Å². The van der Waals surface area contributed by atoms with Gasteiger partial charge in [0.25, 0.3) is 0 Å². The molecule has 0 aromatic heterocycles. The summed E-state index contributed by atoms with van der Waals surface area (Å²) in [5, 5.41) is 3.47. The Kier molecular flexibility index (Phi) is 4.24. The third kappa shape index (κ3) is 3.22. The molecule has 1 aromatic rings. The SMILES string of the molecule is Cc1ccc(Br)cc1NCC1CCCCO1. The number of benzene rings is 1. The smallest absolute Gasteiger partial charge is 0.0747 e. The van der Waals surface area contributed by atoms with Crippen LogP contribution < -0.4 is 5.32 Å². The van der Waals surface area contributed by atoms with Gasteiger partial charge in [-0.05, 0) is 43.9 Å². The van der Waals surface area contributed by atoms with E-state index in [-0.39, 0.29) is 0 Å². The fraction of sp³-hybridized carbons (Fsp3) is 0.538. The number of aryl methyl sites for hydroxylation is 1. The maximum atomic E-state index is 5.70. The fourth-order valence-corrected chi connectivity index (χ4v) is 2.34. The molecule has 1 N–H and O–H groups in total. The predicted molar refractivity (Wildman–Crippen MR) is 71.0 cm³/mol. The van der Waals surface area contributed by atoms with Gasteiger partial charge < -0.3 is 10.1 Å². The van der Waals surface area contributed by atoms with Crippen molar-refractivity contribution in [1.29, 1.82) is 0 Å². The first-order valence-electron chi connectivity index (χ1n) is 5.87. The van der Waals surface area contributed by atoms with E-state index in [9.17, 15) is 0 Å². The highest BCUT2D eigenvalue weighted by Crippen LogP contribution is 2.21. The quantitative estimate of drug-likeness (QED) is 0.913. The zero-order valence-corrected chi connectivity index (χ0v) is 11.2. The molecule has 16 heavy (non-hydrogen) atoms. The van der Waals surface area contributed by atoms with E-state index >= 15 is 0 Å². The third-order valence-electron chi connectivity index (χ3n) is 2.99. The summed E-state index contributed by atoms with van der Waals surface area (Å²) in [6.07, 6.45) is 4.07. The third-order valence-corrected chi connectivity index (χ3v) is 3.49. The molecule has 2 rings (SSSR count). The van der Waals surface area contributed by atoms with E-state index in [1.165, 1.54) is 30.5 Å². The summed E-state index contributed by atoms with van der Waals surface area (Å²) in [6.45, 7) is 3.96. The van der Waals surface area contributed by atoms with Crippen LogP contribution in [0.4, 0.5) is 5.69 Å². The van der Waals surface area contributed by atoms with Gasteiger partial charge in [0, 0.05) is 23.3 Å². The van der Waals surface area contributed by atoms with E-state index in [2.05, 4.69) is 46.4 Å². The molecule has 3 heteroatoms. The van der Waals surface area contributed by atoms with Gasteiger partial charge in [-0.15, -0.1) is 0 Å². The summed E-state index contributed by atoms with van der Waals surface area (Å²) in [6, 6.07) is 6.31. The van der Waals surface area contributed by atoms with Crippen molar-refractivity contribution >= 4 is 21.6 Å². The summed E-state index contributed by atoms with van der Waals surface area (Å²) < 4.78 is 6.81. The normalized spacial score (nSPS) is 20.8. The Balaban J connectivity index is 1.90. The lowest BCUT2D eigenvalue weighted by molar-refractivity contribution is 0.0247. The largest absolute Gasteiger partial charge is 0.382 e. The lowest BCUT2D eigenvalue weighted by Gasteiger charge is -2.23. The second-order valence-corrected chi connectivity index (χ2v) is 5.24. The lowest BCUT2D eigenvalue weighted by atomic mass is 10.1. The van der Waals surface area contributed by atoms with E-state index in [0.717, 1.165) is 17.6 Å². The molecule has 0 aliphatic carbocycles. The van der Waals surface area contributed by atoms with Gasteiger partial charge in [0.1, 0.15) is 0 Å². The molecule has 1 atom stereocenters. The van der Waals surface area contributed by atoms with Crippen molar-refractivity contribution in [3.8, 4) is 0 Å². The van der Waals surface area contributed by atoms with Crippen molar-refractivity contribution in [2.45, 2.75) is 32.3 Å². The zero-order valence-electron chi connectivity index (χ0n) is 9.63. The van der Waals surface area contributed by atoms with Crippen LogP contribution in [0.15, 0.2) is 22.7 Å². The first-order chi connectivity index (χ1) is 7.75. The molecule has 1 aliphatic rings. The predicted octanol–water partition coefficient (Wildman–Crippen LogP) is 3.74. The van der Waals surface area contributed by atoms with Crippen LogP contribution in [0.5, 0.6) is 0 Å². The van der Waals surface area contributed by atoms with Gasteiger partial charge >= 0.3 is 0 Å². The summed E-state index contributed by atoms with van der Waals surface area (Å²) in [4.78, 5) is 0. The minimum Gasteiger partial charge on any atom is -0.382 e. The number of anilines is 1. The van der Waals surface area contributed by atoms with E-state index < -0.39 is 0 Å². The second-order valence-electron chi connectivity index (χ2n) is 4.33. The minimum absolute atomic E-state index is 0.382. The van der Waals surface area contributed by atoms with E-state index in [1.54, 1.807) is 0 Å². The Labute approximate surface area is 106 Å². The number of rotatable bonds is 3. The molecule has 88 valence electrons. The summed E-state index contributed by atoms with van der Waals surface area (Å²) in [5.74, 6) is 0. The summed E-state index contributed by atoms with van der Waals surface area (Å²) in [7, 11) is 0. The first kappa shape index (κ1) is 11.9. The molecule has 1 saturated heterocycles. The number of ether oxygens (including phenoxy) is 1. The lowest BCUT2D eigenvalue weighted by Crippen LogP contribution is -2.27. The zero-order chi connectivity index (χ0) is 11.4. The summed E-state index contributed by atoms with van der Waals surface area (Å²) >= 11 is 3.49. The molecule has 0 radical (unpaired) electrons. The molecule has 2 nitrogen and oxygen atoms in total. The second kappa shape index (κ2) is 5.69. The van der Waals surface area contributed by atoms with Crippen LogP contribution in [-0.2, 0) is 4.74 Å². The number of hydrogen-bond acceptors (Lipinski definition) is 2. The Hall–Kier alpha value is -0.540. The van der Waals surface area contributed by atoms with Crippen molar-refractivity contribution in [2.75, 3.05) is 18.5 Å². The van der Waals surface area contributed by atoms with Crippen LogP contribution in [0.2, 0.25) is 0 Å². The molecule has 1 aromatic carbocycles. The highest BCUT2D eigenvalue weighted by Gasteiger charge is 2.13. The van der Waals surface area contributed by atoms with Crippen molar-refractivity contribution in [3.05, 3.63) is 28.2 Å². The van der Waals surface area contributed by atoms with Crippen molar-refractivity contribution in [3.63, 3.8) is 0 Å². The molecule has 1 heterocycles. The number of hydrogen-bond donors (Lipinski definition) is 1. The average Bonchev–Trinajstić information content (AvgIpc) is 2.32. The van der Waals surface area contributed by atoms with Gasteiger partial charge in [-0.3, -0.25) is 0 Å². The highest BCUT2D eigenvalue weighted by atomic mass is 79.9. The molecule has 0 spiro atoms. The van der Waals surface area contributed by atoms with E-state index in [4.69, 9.17) is 4.74 Å².